The van der Waals surface area contributed by atoms with Gasteiger partial charge in [-0.25, -0.2) is 4.68 Å². The predicted molar refractivity (Wildman–Crippen MR) is 83.6 cm³/mol. The normalized spacial score (nSPS) is 12.5. The van der Waals surface area contributed by atoms with Crippen LogP contribution in [0.3, 0.4) is 0 Å². The van der Waals surface area contributed by atoms with Gasteiger partial charge in [-0.05, 0) is 28.8 Å². The Morgan fingerprint density at radius 2 is 2.16 bits per heavy atom. The average Bonchev–Trinajstić information content (AvgIpc) is 2.40. The third-order valence-electron chi connectivity index (χ3n) is 3.43. The molecule has 1 aromatic heterocycles. The van der Waals surface area contributed by atoms with Gasteiger partial charge in [0.15, 0.2) is 0 Å². The van der Waals surface area contributed by atoms with E-state index in [1.54, 1.807) is 12.3 Å². The molecule has 0 bridgehead atoms. The van der Waals surface area contributed by atoms with Gasteiger partial charge in [-0.2, -0.15) is 5.10 Å². The summed E-state index contributed by atoms with van der Waals surface area (Å²) < 4.78 is 1.91. The molecule has 0 saturated carbocycles. The Balaban J connectivity index is 2.94. The molecule has 1 aromatic rings. The summed E-state index contributed by atoms with van der Waals surface area (Å²) >= 11 is 3.35. The Morgan fingerprint density at radius 3 is 2.68 bits per heavy atom. The third-order valence-corrected chi connectivity index (χ3v) is 4.19. The largest absolute Gasteiger partial charge is 0.380 e. The number of rotatable bonds is 7. The Kier molecular flexibility index (Phi) is 6.28. The number of hydrogen-bond acceptors (Lipinski definition) is 3. The lowest BCUT2D eigenvalue weighted by atomic mass is 9.95. The smallest absolute Gasteiger partial charge is 0.283 e. The molecule has 0 aliphatic carbocycles. The van der Waals surface area contributed by atoms with Crippen molar-refractivity contribution in [1.82, 2.24) is 9.78 Å². The van der Waals surface area contributed by atoms with Crippen molar-refractivity contribution in [3.05, 3.63) is 33.7 Å². The maximum Gasteiger partial charge on any atom is 0.283 e. The summed E-state index contributed by atoms with van der Waals surface area (Å²) in [6, 6.07) is 0.308. The first kappa shape index (κ1) is 16.0. The van der Waals surface area contributed by atoms with Gasteiger partial charge >= 0.3 is 0 Å². The number of aromatic nitrogens is 2. The van der Waals surface area contributed by atoms with E-state index in [0.29, 0.717) is 23.0 Å². The second-order valence-corrected chi connectivity index (χ2v) is 5.45. The molecular weight excluding hydrogens is 306 g/mol. The van der Waals surface area contributed by atoms with E-state index in [1.165, 1.54) is 4.68 Å². The molecule has 0 aliphatic rings. The van der Waals surface area contributed by atoms with Gasteiger partial charge in [0.25, 0.3) is 5.56 Å². The summed E-state index contributed by atoms with van der Waals surface area (Å²) in [6.07, 6.45) is 5.57. The molecule has 0 radical (unpaired) electrons. The summed E-state index contributed by atoms with van der Waals surface area (Å²) in [7, 11) is 0. The van der Waals surface area contributed by atoms with Crippen LogP contribution in [0.2, 0.25) is 0 Å². The van der Waals surface area contributed by atoms with Crippen molar-refractivity contribution in [2.75, 3.05) is 5.32 Å². The monoisotopic (exact) mass is 327 g/mol. The summed E-state index contributed by atoms with van der Waals surface area (Å²) in [5, 5.41) is 7.51. The van der Waals surface area contributed by atoms with Gasteiger partial charge in [0.1, 0.15) is 4.47 Å². The number of halogens is 1. The Hall–Kier alpha value is -1.10. The van der Waals surface area contributed by atoms with Crippen LogP contribution in [0.1, 0.15) is 33.6 Å². The van der Waals surface area contributed by atoms with E-state index in [1.807, 2.05) is 0 Å². The van der Waals surface area contributed by atoms with E-state index in [4.69, 9.17) is 0 Å². The second-order valence-electron chi connectivity index (χ2n) is 4.66. The fraction of sp³-hybridized carbons (Fsp3) is 0.571. The van der Waals surface area contributed by atoms with E-state index in [2.05, 4.69) is 53.7 Å². The highest BCUT2D eigenvalue weighted by atomic mass is 79.9. The average molecular weight is 328 g/mol. The molecule has 4 nitrogen and oxygen atoms in total. The molecule has 1 heterocycles. The van der Waals surface area contributed by atoms with Crippen molar-refractivity contribution in [1.29, 1.82) is 0 Å². The van der Waals surface area contributed by atoms with Crippen LogP contribution >= 0.6 is 15.9 Å². The van der Waals surface area contributed by atoms with E-state index in [0.717, 1.165) is 18.5 Å². The second kappa shape index (κ2) is 7.48. The molecule has 19 heavy (non-hydrogen) atoms. The maximum atomic E-state index is 12.0. The minimum Gasteiger partial charge on any atom is -0.380 e. The molecule has 1 unspecified atom stereocenters. The lowest BCUT2D eigenvalue weighted by Crippen LogP contribution is -2.29. The molecule has 1 atom stereocenters. The molecule has 106 valence electrons. The van der Waals surface area contributed by atoms with E-state index in [9.17, 15) is 4.79 Å². The van der Waals surface area contributed by atoms with Crippen LogP contribution in [0.5, 0.6) is 0 Å². The summed E-state index contributed by atoms with van der Waals surface area (Å²) in [5.41, 5.74) is 0.617. The number of anilines is 1. The van der Waals surface area contributed by atoms with Crippen molar-refractivity contribution in [2.45, 2.75) is 46.2 Å². The predicted octanol–water partition coefficient (Wildman–Crippen LogP) is 3.43. The van der Waals surface area contributed by atoms with E-state index in [-0.39, 0.29) is 5.56 Å². The van der Waals surface area contributed by atoms with Gasteiger partial charge in [-0.3, -0.25) is 4.79 Å². The van der Waals surface area contributed by atoms with Crippen molar-refractivity contribution >= 4 is 21.6 Å². The summed E-state index contributed by atoms with van der Waals surface area (Å²) in [6.45, 7) is 10.5. The molecule has 0 aliphatic heterocycles. The Bertz CT molecular complexity index is 480. The lowest BCUT2D eigenvalue weighted by Gasteiger charge is -2.24. The van der Waals surface area contributed by atoms with Crippen molar-refractivity contribution in [3.8, 4) is 0 Å². The minimum absolute atomic E-state index is 0.137. The molecule has 0 amide bonds. The maximum absolute atomic E-state index is 12.0. The van der Waals surface area contributed by atoms with Crippen LogP contribution < -0.4 is 10.9 Å². The molecule has 1 N–H and O–H groups in total. The van der Waals surface area contributed by atoms with Crippen molar-refractivity contribution in [2.24, 2.45) is 5.92 Å². The number of hydrogen-bond donors (Lipinski definition) is 1. The van der Waals surface area contributed by atoms with Crippen LogP contribution in [0.15, 0.2) is 28.1 Å². The highest BCUT2D eigenvalue weighted by Gasteiger charge is 2.16. The molecule has 0 fully saturated rings. The molecule has 0 spiro atoms. The summed E-state index contributed by atoms with van der Waals surface area (Å²) in [5.74, 6) is 0.586. The number of nitrogens with one attached hydrogen (secondary N) is 1. The van der Waals surface area contributed by atoms with Gasteiger partial charge in [-0.1, -0.05) is 32.8 Å². The van der Waals surface area contributed by atoms with Gasteiger partial charge in [0, 0.05) is 6.04 Å². The van der Waals surface area contributed by atoms with Crippen molar-refractivity contribution in [3.63, 3.8) is 0 Å². The van der Waals surface area contributed by atoms with Crippen LogP contribution in [0.4, 0.5) is 5.69 Å². The molecule has 0 aromatic carbocycles. The summed E-state index contributed by atoms with van der Waals surface area (Å²) in [4.78, 5) is 12.0. The zero-order chi connectivity index (χ0) is 14.4. The van der Waals surface area contributed by atoms with E-state index < -0.39 is 0 Å². The quantitative estimate of drug-likeness (QED) is 0.780. The van der Waals surface area contributed by atoms with Crippen LogP contribution in [-0.4, -0.2) is 15.8 Å². The van der Waals surface area contributed by atoms with Crippen LogP contribution in [0, 0.1) is 5.92 Å². The Morgan fingerprint density at radius 1 is 1.53 bits per heavy atom. The molecular formula is C14H22BrN3O. The topological polar surface area (TPSA) is 46.9 Å². The van der Waals surface area contributed by atoms with Gasteiger partial charge in [0.2, 0.25) is 0 Å². The third kappa shape index (κ3) is 3.93. The zero-order valence-electron chi connectivity index (χ0n) is 11.8. The standard InChI is InChI=1S/C14H22BrN3O/c1-5-8-18-14(19)13(15)12(9-16-18)17-10(4)11(6-2)7-3/h5,9-11,17H,1,6-8H2,2-4H3. The molecule has 5 heteroatoms. The fourth-order valence-electron chi connectivity index (χ4n) is 2.18. The Labute approximate surface area is 123 Å². The first-order valence-electron chi connectivity index (χ1n) is 6.68. The fourth-order valence-corrected chi connectivity index (χ4v) is 2.60. The first-order chi connectivity index (χ1) is 9.04. The highest BCUT2D eigenvalue weighted by Crippen LogP contribution is 2.21. The number of nitrogens with zero attached hydrogens (tertiary/aromatic N) is 2. The highest BCUT2D eigenvalue weighted by molar-refractivity contribution is 9.10. The van der Waals surface area contributed by atoms with Gasteiger partial charge < -0.3 is 5.32 Å². The van der Waals surface area contributed by atoms with Gasteiger partial charge in [-0.15, -0.1) is 6.58 Å². The lowest BCUT2D eigenvalue weighted by molar-refractivity contribution is 0.437. The van der Waals surface area contributed by atoms with E-state index >= 15 is 0 Å². The first-order valence-corrected chi connectivity index (χ1v) is 7.47. The SMILES string of the molecule is C=CCn1ncc(NC(C)C(CC)CC)c(Br)c1=O. The van der Waals surface area contributed by atoms with Gasteiger partial charge in [0.05, 0.1) is 18.4 Å². The molecule has 1 rings (SSSR count). The van der Waals surface area contributed by atoms with Crippen molar-refractivity contribution < 1.29 is 0 Å². The zero-order valence-corrected chi connectivity index (χ0v) is 13.4. The molecule has 0 saturated heterocycles. The number of allylic oxidation sites excluding steroid dienone is 1. The van der Waals surface area contributed by atoms with Crippen LogP contribution in [-0.2, 0) is 6.54 Å². The minimum atomic E-state index is -0.137. The van der Waals surface area contributed by atoms with Crippen LogP contribution in [0.25, 0.3) is 0 Å².